The van der Waals surface area contributed by atoms with Gasteiger partial charge in [-0.2, -0.15) is 0 Å². The molecule has 0 bridgehead atoms. The van der Waals surface area contributed by atoms with Gasteiger partial charge in [-0.25, -0.2) is 15.0 Å². The Bertz CT molecular complexity index is 2590. The first kappa shape index (κ1) is 27.1. The zero-order valence-corrected chi connectivity index (χ0v) is 26.5. The quantitative estimate of drug-likeness (QED) is 0.194. The van der Waals surface area contributed by atoms with Crippen LogP contribution in [0.3, 0.4) is 0 Å². The van der Waals surface area contributed by atoms with Gasteiger partial charge in [0.15, 0.2) is 17.5 Å². The molecular weight excluding hydrogens is 605 g/mol. The monoisotopic (exact) mass is 630 g/mol. The third-order valence-electron chi connectivity index (χ3n) is 9.25. The number of hydrogen-bond donors (Lipinski definition) is 0. The number of fused-ring (bicyclic) bond motifs is 5. The van der Waals surface area contributed by atoms with E-state index >= 15 is 0 Å². The van der Waals surface area contributed by atoms with Gasteiger partial charge in [0.2, 0.25) is 0 Å². The van der Waals surface area contributed by atoms with Gasteiger partial charge in [-0.05, 0) is 41.5 Å². The second kappa shape index (κ2) is 10.8. The van der Waals surface area contributed by atoms with Crippen molar-refractivity contribution >= 4 is 44.3 Å². The molecule has 1 aliphatic rings. The highest BCUT2D eigenvalue weighted by Crippen LogP contribution is 2.50. The summed E-state index contributed by atoms with van der Waals surface area (Å²) in [6, 6.07) is 55.6. The SMILES string of the molecule is c1ccc(-c2nc(-c3ccccc3)nc(-c3ccc4c(c3)Sc3ccc(-n5c6ccccc6c6ccccc65)c5cccc-4c35)n2)cc1. The van der Waals surface area contributed by atoms with Crippen molar-refractivity contribution in [3.8, 4) is 51.0 Å². The molecule has 0 saturated carbocycles. The molecule has 2 aromatic heterocycles. The fourth-order valence-corrected chi connectivity index (χ4v) is 8.24. The largest absolute Gasteiger partial charge is 0.309 e. The Labute approximate surface area is 281 Å². The van der Waals surface area contributed by atoms with Gasteiger partial charge in [0.25, 0.3) is 0 Å². The van der Waals surface area contributed by atoms with E-state index in [4.69, 9.17) is 15.0 Å². The molecule has 10 rings (SSSR count). The fraction of sp³-hybridized carbons (Fsp3) is 0. The summed E-state index contributed by atoms with van der Waals surface area (Å²) in [7, 11) is 0. The van der Waals surface area contributed by atoms with E-state index in [1.165, 1.54) is 59.2 Å². The van der Waals surface area contributed by atoms with Crippen LogP contribution in [0.25, 0.3) is 83.6 Å². The van der Waals surface area contributed by atoms with Gasteiger partial charge in [0.05, 0.1) is 16.7 Å². The summed E-state index contributed by atoms with van der Waals surface area (Å²) in [5.41, 5.74) is 9.00. The molecule has 1 aliphatic heterocycles. The third-order valence-corrected chi connectivity index (χ3v) is 10.4. The Balaban J connectivity index is 1.13. The first-order valence-corrected chi connectivity index (χ1v) is 16.9. The molecule has 7 aromatic carbocycles. The highest BCUT2D eigenvalue weighted by molar-refractivity contribution is 7.99. The van der Waals surface area contributed by atoms with E-state index in [-0.39, 0.29) is 0 Å². The summed E-state index contributed by atoms with van der Waals surface area (Å²) in [6.07, 6.45) is 0. The van der Waals surface area contributed by atoms with Crippen molar-refractivity contribution in [1.82, 2.24) is 19.5 Å². The third kappa shape index (κ3) is 4.21. The van der Waals surface area contributed by atoms with Gasteiger partial charge in [-0.1, -0.05) is 139 Å². The molecule has 9 aromatic rings. The van der Waals surface area contributed by atoms with Gasteiger partial charge in [0.1, 0.15) is 0 Å². The van der Waals surface area contributed by atoms with Crippen molar-refractivity contribution in [2.24, 2.45) is 0 Å². The minimum absolute atomic E-state index is 0.664. The predicted molar refractivity (Wildman–Crippen MR) is 198 cm³/mol. The summed E-state index contributed by atoms with van der Waals surface area (Å²) >= 11 is 1.82. The van der Waals surface area contributed by atoms with Crippen LogP contribution in [0.4, 0.5) is 0 Å². The Morgan fingerprint density at radius 3 is 1.60 bits per heavy atom. The zero-order chi connectivity index (χ0) is 31.6. The number of benzene rings is 7. The summed E-state index contributed by atoms with van der Waals surface area (Å²) in [5, 5.41) is 5.08. The number of aromatic nitrogens is 4. The van der Waals surface area contributed by atoms with Crippen molar-refractivity contribution in [1.29, 1.82) is 0 Å². The smallest absolute Gasteiger partial charge is 0.164 e. The Kier molecular flexibility index (Phi) is 6.08. The van der Waals surface area contributed by atoms with Gasteiger partial charge in [-0.3, -0.25) is 0 Å². The normalized spacial score (nSPS) is 12.1. The van der Waals surface area contributed by atoms with Crippen LogP contribution in [0.15, 0.2) is 168 Å². The zero-order valence-electron chi connectivity index (χ0n) is 25.7. The highest BCUT2D eigenvalue weighted by Gasteiger charge is 2.23. The molecule has 4 nitrogen and oxygen atoms in total. The second-order valence-electron chi connectivity index (χ2n) is 12.0. The lowest BCUT2D eigenvalue weighted by Gasteiger charge is -2.23. The van der Waals surface area contributed by atoms with Crippen molar-refractivity contribution in [3.63, 3.8) is 0 Å². The molecule has 0 fully saturated rings. The number of rotatable bonds is 4. The molecule has 224 valence electrons. The lowest BCUT2D eigenvalue weighted by atomic mass is 9.95. The molecule has 0 radical (unpaired) electrons. The average molecular weight is 631 g/mol. The molecule has 0 atom stereocenters. The van der Waals surface area contributed by atoms with Crippen LogP contribution in [0, 0.1) is 0 Å². The van der Waals surface area contributed by atoms with Crippen LogP contribution >= 0.6 is 11.8 Å². The maximum absolute atomic E-state index is 4.99. The van der Waals surface area contributed by atoms with E-state index in [0.29, 0.717) is 17.5 Å². The van der Waals surface area contributed by atoms with Crippen LogP contribution in [-0.2, 0) is 0 Å². The predicted octanol–water partition coefficient (Wildman–Crippen LogP) is 11.3. The molecule has 0 amide bonds. The first-order valence-electron chi connectivity index (χ1n) is 16.0. The van der Waals surface area contributed by atoms with E-state index in [1.807, 2.05) is 72.4 Å². The number of hydrogen-bond acceptors (Lipinski definition) is 4. The molecule has 0 saturated heterocycles. The van der Waals surface area contributed by atoms with E-state index in [9.17, 15) is 0 Å². The first-order chi connectivity index (χ1) is 23.8. The fourth-order valence-electron chi connectivity index (χ4n) is 7.07. The molecular formula is C43H26N4S. The van der Waals surface area contributed by atoms with E-state index in [1.54, 1.807) is 0 Å². The maximum atomic E-state index is 4.99. The van der Waals surface area contributed by atoms with Gasteiger partial charge in [-0.15, -0.1) is 0 Å². The van der Waals surface area contributed by atoms with Crippen LogP contribution < -0.4 is 0 Å². The van der Waals surface area contributed by atoms with Gasteiger partial charge < -0.3 is 4.57 Å². The van der Waals surface area contributed by atoms with Crippen LogP contribution in [0.2, 0.25) is 0 Å². The van der Waals surface area contributed by atoms with Crippen molar-refractivity contribution in [2.45, 2.75) is 9.79 Å². The van der Waals surface area contributed by atoms with Gasteiger partial charge in [0, 0.05) is 48.0 Å². The topological polar surface area (TPSA) is 43.6 Å². The molecule has 0 N–H and O–H groups in total. The van der Waals surface area contributed by atoms with Crippen molar-refractivity contribution < 1.29 is 0 Å². The average Bonchev–Trinajstić information content (AvgIpc) is 3.49. The minimum Gasteiger partial charge on any atom is -0.309 e. The van der Waals surface area contributed by atoms with E-state index < -0.39 is 0 Å². The van der Waals surface area contributed by atoms with E-state index in [2.05, 4.69) is 102 Å². The Morgan fingerprint density at radius 2 is 0.958 bits per heavy atom. The standard InChI is InChI=1S/C43H26N4S/c1-3-12-27(13-4-1)41-44-42(28-14-5-2-6-15-28)46-43(45-41)29-22-23-32-33-18-11-19-34-37(24-25-38(40(33)34)48-39(32)26-29)47-35-20-9-7-16-30(35)31-17-8-10-21-36(31)47/h1-26H. The minimum atomic E-state index is 0.664. The molecule has 3 heterocycles. The maximum Gasteiger partial charge on any atom is 0.164 e. The molecule has 0 spiro atoms. The van der Waals surface area contributed by atoms with Gasteiger partial charge >= 0.3 is 0 Å². The number of nitrogens with zero attached hydrogens (tertiary/aromatic N) is 4. The number of para-hydroxylation sites is 2. The Hall–Kier alpha value is -6.04. The van der Waals surface area contributed by atoms with Crippen molar-refractivity contribution in [3.05, 3.63) is 158 Å². The van der Waals surface area contributed by atoms with Crippen molar-refractivity contribution in [2.75, 3.05) is 0 Å². The molecule has 48 heavy (non-hydrogen) atoms. The molecule has 5 heteroatoms. The lowest BCUT2D eigenvalue weighted by molar-refractivity contribution is 1.07. The van der Waals surface area contributed by atoms with Crippen LogP contribution in [-0.4, -0.2) is 19.5 Å². The van der Waals surface area contributed by atoms with Crippen LogP contribution in [0.5, 0.6) is 0 Å². The highest BCUT2D eigenvalue weighted by atomic mass is 32.2. The second-order valence-corrected chi connectivity index (χ2v) is 13.1. The van der Waals surface area contributed by atoms with Crippen LogP contribution in [0.1, 0.15) is 0 Å². The molecule has 0 aliphatic carbocycles. The lowest BCUT2D eigenvalue weighted by Crippen LogP contribution is -2.01. The van der Waals surface area contributed by atoms with E-state index in [0.717, 1.165) is 16.7 Å². The summed E-state index contributed by atoms with van der Waals surface area (Å²) in [4.78, 5) is 17.3. The summed E-state index contributed by atoms with van der Waals surface area (Å²) in [6.45, 7) is 0. The summed E-state index contributed by atoms with van der Waals surface area (Å²) in [5.74, 6) is 1.99. The molecule has 0 unspecified atom stereocenters. The summed E-state index contributed by atoms with van der Waals surface area (Å²) < 4.78 is 2.42. The Morgan fingerprint density at radius 1 is 0.396 bits per heavy atom.